The van der Waals surface area contributed by atoms with Crippen LogP contribution in [0.2, 0.25) is 0 Å². The zero-order valence-electron chi connectivity index (χ0n) is 10.6. The van der Waals surface area contributed by atoms with Gasteiger partial charge in [0.2, 0.25) is 0 Å². The molecule has 0 unspecified atom stereocenters. The molecule has 0 aliphatic carbocycles. The third kappa shape index (κ3) is 5.73. The summed E-state index contributed by atoms with van der Waals surface area (Å²) in [6.07, 6.45) is 0.322. The Labute approximate surface area is 115 Å². The number of rotatable bonds is 6. The lowest BCUT2D eigenvalue weighted by Gasteiger charge is -2.07. The molecule has 0 saturated carbocycles. The zero-order valence-corrected chi connectivity index (χ0v) is 10.6. The Hall–Kier alpha value is -2.04. The van der Waals surface area contributed by atoms with Gasteiger partial charge in [0.1, 0.15) is 13.2 Å². The van der Waals surface area contributed by atoms with Crippen molar-refractivity contribution in [3.8, 4) is 11.8 Å². The molecule has 20 heavy (non-hydrogen) atoms. The maximum Gasteiger partial charge on any atom is 0.261 e. The number of nitrogens with zero attached hydrogens (tertiary/aromatic N) is 1. The first-order valence-corrected chi connectivity index (χ1v) is 5.83. The highest BCUT2D eigenvalue weighted by atomic mass is 19.3. The lowest BCUT2D eigenvalue weighted by Crippen LogP contribution is -2.28. The fraction of sp³-hybridized carbons (Fsp3) is 0.385. The Bertz CT molecular complexity index is 498. The number of hydrogen-bond donors (Lipinski definition) is 2. The fourth-order valence-corrected chi connectivity index (χ4v) is 1.33. The standard InChI is InChI=1S/C13H14F2N2O3/c14-12(15)9-20-7-5-17-13(19)11-3-4-16-8-10(11)2-1-6-18/h3-4,8,12,18H,5-7,9H2,(H,17,19). The zero-order chi connectivity index (χ0) is 14.8. The van der Waals surface area contributed by atoms with E-state index < -0.39 is 18.9 Å². The molecule has 108 valence electrons. The molecule has 1 rings (SSSR count). The normalized spacial score (nSPS) is 10.0. The molecule has 7 heteroatoms. The number of amides is 1. The second kappa shape index (κ2) is 8.96. The molecule has 0 fully saturated rings. The molecule has 0 aliphatic rings. The second-order valence-corrected chi connectivity index (χ2v) is 3.60. The number of aliphatic hydroxyl groups is 1. The molecule has 5 nitrogen and oxygen atoms in total. The van der Waals surface area contributed by atoms with Crippen molar-refractivity contribution in [2.75, 3.05) is 26.4 Å². The van der Waals surface area contributed by atoms with Gasteiger partial charge >= 0.3 is 0 Å². The maximum absolute atomic E-state index is 11.9. The molecule has 0 atom stereocenters. The van der Waals surface area contributed by atoms with Gasteiger partial charge in [-0.25, -0.2) is 8.78 Å². The van der Waals surface area contributed by atoms with Crippen molar-refractivity contribution in [3.05, 3.63) is 29.6 Å². The number of aliphatic hydroxyl groups excluding tert-OH is 1. The topological polar surface area (TPSA) is 71.5 Å². The van der Waals surface area contributed by atoms with Gasteiger partial charge < -0.3 is 15.2 Å². The van der Waals surface area contributed by atoms with Crippen LogP contribution >= 0.6 is 0 Å². The van der Waals surface area contributed by atoms with E-state index in [0.717, 1.165) is 0 Å². The van der Waals surface area contributed by atoms with E-state index in [1.54, 1.807) is 0 Å². The molecule has 1 amide bonds. The average Bonchev–Trinajstić information content (AvgIpc) is 2.44. The van der Waals surface area contributed by atoms with Crippen LogP contribution in [0.3, 0.4) is 0 Å². The fourth-order valence-electron chi connectivity index (χ4n) is 1.33. The van der Waals surface area contributed by atoms with Crippen LogP contribution in [0.15, 0.2) is 18.5 Å². The molecular weight excluding hydrogens is 270 g/mol. The Kier molecular flexibility index (Phi) is 7.17. The first kappa shape index (κ1) is 16.0. The quantitative estimate of drug-likeness (QED) is 0.587. The van der Waals surface area contributed by atoms with Crippen molar-refractivity contribution in [2.45, 2.75) is 6.43 Å². The van der Waals surface area contributed by atoms with Crippen LogP contribution in [-0.2, 0) is 4.74 Å². The highest BCUT2D eigenvalue weighted by molar-refractivity contribution is 5.96. The summed E-state index contributed by atoms with van der Waals surface area (Å²) in [5, 5.41) is 11.2. The molecule has 1 heterocycles. The van der Waals surface area contributed by atoms with Gasteiger partial charge in [0.25, 0.3) is 12.3 Å². The van der Waals surface area contributed by atoms with E-state index in [-0.39, 0.29) is 19.8 Å². The van der Waals surface area contributed by atoms with E-state index in [1.165, 1.54) is 18.5 Å². The Morgan fingerprint density at radius 1 is 1.55 bits per heavy atom. The van der Waals surface area contributed by atoms with Gasteiger partial charge in [-0.1, -0.05) is 11.8 Å². The van der Waals surface area contributed by atoms with Crippen molar-refractivity contribution >= 4 is 5.91 Å². The van der Waals surface area contributed by atoms with E-state index in [2.05, 4.69) is 26.9 Å². The van der Waals surface area contributed by atoms with Gasteiger partial charge in [0.15, 0.2) is 0 Å². The van der Waals surface area contributed by atoms with Crippen molar-refractivity contribution < 1.29 is 23.4 Å². The van der Waals surface area contributed by atoms with E-state index >= 15 is 0 Å². The van der Waals surface area contributed by atoms with E-state index in [4.69, 9.17) is 5.11 Å². The molecular formula is C13H14F2N2O3. The number of pyridine rings is 1. The van der Waals surface area contributed by atoms with Crippen LogP contribution in [0, 0.1) is 11.8 Å². The van der Waals surface area contributed by atoms with Crippen LogP contribution < -0.4 is 5.32 Å². The smallest absolute Gasteiger partial charge is 0.261 e. The molecule has 0 saturated heterocycles. The highest BCUT2D eigenvalue weighted by Crippen LogP contribution is 2.05. The summed E-state index contributed by atoms with van der Waals surface area (Å²) < 4.78 is 28.2. The number of nitrogens with one attached hydrogen (secondary N) is 1. The first-order valence-electron chi connectivity index (χ1n) is 5.83. The number of ether oxygens (including phenoxy) is 1. The van der Waals surface area contributed by atoms with Crippen LogP contribution in [0.4, 0.5) is 8.78 Å². The molecule has 0 bridgehead atoms. The second-order valence-electron chi connectivity index (χ2n) is 3.60. The number of aromatic nitrogens is 1. The van der Waals surface area contributed by atoms with Crippen molar-refractivity contribution in [1.29, 1.82) is 0 Å². The summed E-state index contributed by atoms with van der Waals surface area (Å²) in [4.78, 5) is 15.7. The molecule has 2 N–H and O–H groups in total. The van der Waals surface area contributed by atoms with E-state index in [0.29, 0.717) is 11.1 Å². The number of alkyl halides is 2. The van der Waals surface area contributed by atoms with Crippen molar-refractivity contribution in [1.82, 2.24) is 10.3 Å². The molecule has 1 aromatic heterocycles. The lowest BCUT2D eigenvalue weighted by molar-refractivity contribution is 0.0188. The Balaban J connectivity index is 2.51. The Morgan fingerprint density at radius 3 is 3.05 bits per heavy atom. The molecule has 0 spiro atoms. The van der Waals surface area contributed by atoms with Crippen LogP contribution in [0.25, 0.3) is 0 Å². The number of carbonyl (C=O) groups excluding carboxylic acids is 1. The average molecular weight is 284 g/mol. The summed E-state index contributed by atoms with van der Waals surface area (Å²) in [6, 6.07) is 1.48. The predicted octanol–water partition coefficient (Wildman–Crippen LogP) is 0.437. The molecule has 0 radical (unpaired) electrons. The number of hydrogen-bond acceptors (Lipinski definition) is 4. The van der Waals surface area contributed by atoms with Crippen LogP contribution in [-0.4, -0.2) is 48.8 Å². The minimum Gasteiger partial charge on any atom is -0.384 e. The van der Waals surface area contributed by atoms with E-state index in [9.17, 15) is 13.6 Å². The summed E-state index contributed by atoms with van der Waals surface area (Å²) in [7, 11) is 0. The van der Waals surface area contributed by atoms with Gasteiger partial charge in [0, 0.05) is 18.9 Å². The van der Waals surface area contributed by atoms with Crippen molar-refractivity contribution in [3.63, 3.8) is 0 Å². The van der Waals surface area contributed by atoms with Gasteiger partial charge in [-0.05, 0) is 6.07 Å². The van der Waals surface area contributed by atoms with E-state index in [1.807, 2.05) is 0 Å². The molecule has 0 aromatic carbocycles. The largest absolute Gasteiger partial charge is 0.384 e. The maximum atomic E-state index is 11.9. The Morgan fingerprint density at radius 2 is 2.35 bits per heavy atom. The number of carbonyl (C=O) groups is 1. The molecule has 0 aliphatic heterocycles. The third-order valence-corrected chi connectivity index (χ3v) is 2.14. The monoisotopic (exact) mass is 284 g/mol. The summed E-state index contributed by atoms with van der Waals surface area (Å²) >= 11 is 0. The lowest BCUT2D eigenvalue weighted by atomic mass is 10.1. The minimum atomic E-state index is -2.52. The highest BCUT2D eigenvalue weighted by Gasteiger charge is 2.09. The summed E-state index contributed by atoms with van der Waals surface area (Å²) in [5.41, 5.74) is 0.683. The first-order chi connectivity index (χ1) is 9.65. The van der Waals surface area contributed by atoms with Gasteiger partial charge in [0.05, 0.1) is 17.7 Å². The van der Waals surface area contributed by atoms with Crippen LogP contribution in [0.5, 0.6) is 0 Å². The SMILES string of the molecule is O=C(NCCOCC(F)F)c1ccncc1C#CCO. The predicted molar refractivity (Wildman–Crippen MR) is 67.4 cm³/mol. The number of halogens is 2. The minimum absolute atomic E-state index is 0.00118. The third-order valence-electron chi connectivity index (χ3n) is 2.14. The summed E-state index contributed by atoms with van der Waals surface area (Å²) in [6.45, 7) is -0.866. The van der Waals surface area contributed by atoms with Gasteiger partial charge in [-0.15, -0.1) is 0 Å². The molecule has 1 aromatic rings. The van der Waals surface area contributed by atoms with Crippen molar-refractivity contribution in [2.24, 2.45) is 0 Å². The van der Waals surface area contributed by atoms with Gasteiger partial charge in [-0.3, -0.25) is 9.78 Å². The van der Waals surface area contributed by atoms with Crippen LogP contribution in [0.1, 0.15) is 15.9 Å². The van der Waals surface area contributed by atoms with Gasteiger partial charge in [-0.2, -0.15) is 0 Å². The summed E-state index contributed by atoms with van der Waals surface area (Å²) in [5.74, 6) is 4.63.